The second kappa shape index (κ2) is 10.3. The van der Waals surface area contributed by atoms with Gasteiger partial charge in [-0.3, -0.25) is 0 Å². The number of amides is 1. The van der Waals surface area contributed by atoms with E-state index in [1.165, 1.54) is 34.0 Å². The van der Waals surface area contributed by atoms with E-state index in [-0.39, 0.29) is 11.1 Å². The van der Waals surface area contributed by atoms with E-state index in [4.69, 9.17) is 37.4 Å². The molecule has 0 aliphatic carbocycles. The van der Waals surface area contributed by atoms with E-state index in [2.05, 4.69) is 10.3 Å². The summed E-state index contributed by atoms with van der Waals surface area (Å²) < 4.78 is 11.6. The van der Waals surface area contributed by atoms with Crippen LogP contribution in [0.1, 0.15) is 65.2 Å². The summed E-state index contributed by atoms with van der Waals surface area (Å²) in [6.45, 7) is 13.3. The lowest BCUT2D eigenvalue weighted by Crippen LogP contribution is -2.41. The Hall–Kier alpha value is -1.99. The standard InChI is InChI=1S/C22H29N5O3S4/c1-11(29-21(2,3)4)15(27-20(28)30-22(5,6)7)19-26-14(10-34-19)18-25-13(9-33-18)17-24-12(8-32-17)16(23)31/h8-11,15H,1-7H3,(H2,23,31)(H,27,28)/t11?,15-/m0/s1. The first-order valence-corrected chi connectivity index (χ1v) is 13.6. The molecule has 0 radical (unpaired) electrons. The molecule has 12 heteroatoms. The number of carbonyl (C=O) groups is 1. The number of thiocarbonyl (C=S) groups is 1. The van der Waals surface area contributed by atoms with Crippen molar-refractivity contribution in [2.75, 3.05) is 0 Å². The Labute approximate surface area is 217 Å². The Bertz CT molecular complexity index is 1160. The van der Waals surface area contributed by atoms with Gasteiger partial charge in [0.25, 0.3) is 0 Å². The SMILES string of the molecule is CC(OC(C)(C)C)[C@H](NC(=O)OC(C)(C)C)c1nc(-c2nc(-c3nc(C(N)=S)cs3)cs2)cs1. The number of hydrogen-bond acceptors (Lipinski definition) is 10. The van der Waals surface area contributed by atoms with Crippen molar-refractivity contribution in [3.63, 3.8) is 0 Å². The third-order valence-electron chi connectivity index (χ3n) is 4.17. The maximum Gasteiger partial charge on any atom is 0.408 e. The second-order valence-electron chi connectivity index (χ2n) is 9.57. The van der Waals surface area contributed by atoms with Crippen molar-refractivity contribution in [2.24, 2.45) is 5.73 Å². The Balaban J connectivity index is 1.84. The molecule has 3 N–H and O–H groups in total. The van der Waals surface area contributed by atoms with E-state index in [9.17, 15) is 4.79 Å². The van der Waals surface area contributed by atoms with Gasteiger partial charge in [0.1, 0.15) is 48.7 Å². The summed E-state index contributed by atoms with van der Waals surface area (Å²) in [5.41, 5.74) is 6.71. The number of rotatable bonds is 7. The number of ether oxygens (including phenoxy) is 2. The largest absolute Gasteiger partial charge is 0.444 e. The summed E-state index contributed by atoms with van der Waals surface area (Å²) in [6.07, 6.45) is -0.861. The average Bonchev–Trinajstić information content (AvgIpc) is 3.42. The highest BCUT2D eigenvalue weighted by atomic mass is 32.1. The van der Waals surface area contributed by atoms with E-state index in [0.29, 0.717) is 10.7 Å². The zero-order valence-electron chi connectivity index (χ0n) is 20.2. The molecule has 3 heterocycles. The van der Waals surface area contributed by atoms with Gasteiger partial charge in [-0.15, -0.1) is 34.0 Å². The molecule has 3 aromatic rings. The zero-order chi connectivity index (χ0) is 25.3. The van der Waals surface area contributed by atoms with Gasteiger partial charge in [0.15, 0.2) is 0 Å². The van der Waals surface area contributed by atoms with Crippen molar-refractivity contribution in [3.05, 3.63) is 26.8 Å². The van der Waals surface area contributed by atoms with Crippen LogP contribution in [0.4, 0.5) is 4.79 Å². The van der Waals surface area contributed by atoms with Crippen molar-refractivity contribution >= 4 is 57.3 Å². The van der Waals surface area contributed by atoms with E-state index in [1.807, 2.05) is 64.6 Å². The lowest BCUT2D eigenvalue weighted by molar-refractivity contribution is -0.0677. The predicted octanol–water partition coefficient (Wildman–Crippen LogP) is 5.79. The molecule has 8 nitrogen and oxygen atoms in total. The normalized spacial score (nSPS) is 14.0. The first-order valence-electron chi connectivity index (χ1n) is 10.6. The number of alkyl carbamates (subject to hydrolysis) is 1. The lowest BCUT2D eigenvalue weighted by Gasteiger charge is -2.31. The molecule has 0 aliphatic rings. The highest BCUT2D eigenvalue weighted by Gasteiger charge is 2.30. The topological polar surface area (TPSA) is 112 Å². The Kier molecular flexibility index (Phi) is 8.08. The molecule has 0 aliphatic heterocycles. The highest BCUT2D eigenvalue weighted by Crippen LogP contribution is 2.34. The van der Waals surface area contributed by atoms with Gasteiger partial charge in [-0.1, -0.05) is 12.2 Å². The molecule has 1 unspecified atom stereocenters. The van der Waals surface area contributed by atoms with Crippen LogP contribution in [0.15, 0.2) is 16.1 Å². The molecule has 3 aromatic heterocycles. The molecule has 2 atom stereocenters. The van der Waals surface area contributed by atoms with Gasteiger partial charge < -0.3 is 20.5 Å². The van der Waals surface area contributed by atoms with Crippen LogP contribution in [0.5, 0.6) is 0 Å². The molecule has 0 fully saturated rings. The van der Waals surface area contributed by atoms with E-state index in [1.54, 1.807) is 0 Å². The number of nitrogens with one attached hydrogen (secondary N) is 1. The predicted molar refractivity (Wildman–Crippen MR) is 143 cm³/mol. The fourth-order valence-corrected chi connectivity index (χ4v) is 5.78. The van der Waals surface area contributed by atoms with Crippen LogP contribution < -0.4 is 11.1 Å². The molecule has 34 heavy (non-hydrogen) atoms. The van der Waals surface area contributed by atoms with Crippen LogP contribution in [-0.2, 0) is 9.47 Å². The van der Waals surface area contributed by atoms with Gasteiger partial charge in [0.2, 0.25) is 0 Å². The number of nitrogens with zero attached hydrogens (tertiary/aromatic N) is 3. The Morgan fingerprint density at radius 3 is 2.15 bits per heavy atom. The summed E-state index contributed by atoms with van der Waals surface area (Å²) >= 11 is 9.34. The van der Waals surface area contributed by atoms with Crippen molar-refractivity contribution in [1.82, 2.24) is 20.3 Å². The minimum absolute atomic E-state index is 0.261. The van der Waals surface area contributed by atoms with Crippen LogP contribution in [0, 0.1) is 0 Å². The van der Waals surface area contributed by atoms with Crippen molar-refractivity contribution in [2.45, 2.75) is 71.8 Å². The molecule has 3 rings (SSSR count). The molecule has 0 saturated carbocycles. The second-order valence-corrected chi connectivity index (χ2v) is 12.6. The van der Waals surface area contributed by atoms with Gasteiger partial charge in [-0.2, -0.15) is 0 Å². The van der Waals surface area contributed by atoms with E-state index >= 15 is 0 Å². The van der Waals surface area contributed by atoms with Crippen LogP contribution >= 0.6 is 46.2 Å². The third kappa shape index (κ3) is 7.25. The molecule has 0 spiro atoms. The van der Waals surface area contributed by atoms with Gasteiger partial charge in [0.05, 0.1) is 11.7 Å². The van der Waals surface area contributed by atoms with Crippen molar-refractivity contribution in [3.8, 4) is 21.4 Å². The molecule has 1 amide bonds. The van der Waals surface area contributed by atoms with Crippen molar-refractivity contribution in [1.29, 1.82) is 0 Å². The first-order chi connectivity index (χ1) is 15.7. The highest BCUT2D eigenvalue weighted by molar-refractivity contribution is 7.80. The van der Waals surface area contributed by atoms with Gasteiger partial charge >= 0.3 is 6.09 Å². The van der Waals surface area contributed by atoms with Crippen LogP contribution in [0.25, 0.3) is 21.4 Å². The van der Waals surface area contributed by atoms with Crippen LogP contribution in [0.2, 0.25) is 0 Å². The molecule has 184 valence electrons. The summed E-state index contributed by atoms with van der Waals surface area (Å²) in [7, 11) is 0. The fraction of sp³-hybridized carbons (Fsp3) is 0.500. The summed E-state index contributed by atoms with van der Waals surface area (Å²) in [5.74, 6) is 0. The van der Waals surface area contributed by atoms with Crippen molar-refractivity contribution < 1.29 is 14.3 Å². The summed E-state index contributed by atoms with van der Waals surface area (Å²) in [5, 5.41) is 10.8. The molecular weight excluding hydrogens is 511 g/mol. The molecular formula is C22H29N5O3S4. The number of aromatic nitrogens is 3. The lowest BCUT2D eigenvalue weighted by atomic mass is 10.1. The van der Waals surface area contributed by atoms with Gasteiger partial charge in [-0.05, 0) is 48.5 Å². The maximum atomic E-state index is 12.6. The average molecular weight is 540 g/mol. The quantitative estimate of drug-likeness (QED) is 0.363. The molecule has 0 bridgehead atoms. The minimum Gasteiger partial charge on any atom is -0.444 e. The fourth-order valence-electron chi connectivity index (χ4n) is 2.96. The van der Waals surface area contributed by atoms with Crippen LogP contribution in [-0.4, -0.2) is 43.3 Å². The maximum absolute atomic E-state index is 12.6. The Morgan fingerprint density at radius 1 is 0.971 bits per heavy atom. The van der Waals surface area contributed by atoms with Crippen LogP contribution in [0.3, 0.4) is 0 Å². The molecule has 0 saturated heterocycles. The van der Waals surface area contributed by atoms with Gasteiger partial charge in [-0.25, -0.2) is 19.7 Å². The third-order valence-corrected chi connectivity index (χ3v) is 7.03. The number of nitrogens with two attached hydrogens (primary N) is 1. The number of thiazole rings is 3. The monoisotopic (exact) mass is 539 g/mol. The zero-order valence-corrected chi connectivity index (χ0v) is 23.4. The number of hydrogen-bond donors (Lipinski definition) is 2. The number of carbonyl (C=O) groups excluding carboxylic acids is 1. The first kappa shape index (κ1) is 26.6. The smallest absolute Gasteiger partial charge is 0.408 e. The summed E-state index contributed by atoms with van der Waals surface area (Å²) in [4.78, 5) is 26.7. The van der Waals surface area contributed by atoms with E-state index in [0.717, 1.165) is 21.4 Å². The van der Waals surface area contributed by atoms with Gasteiger partial charge in [0, 0.05) is 16.1 Å². The summed E-state index contributed by atoms with van der Waals surface area (Å²) in [6, 6.07) is -0.487. The molecule has 0 aromatic carbocycles. The minimum atomic E-state index is -0.614. The van der Waals surface area contributed by atoms with E-state index < -0.39 is 23.3 Å². The Morgan fingerprint density at radius 2 is 1.56 bits per heavy atom.